The number of rotatable bonds is 6. The summed E-state index contributed by atoms with van der Waals surface area (Å²) in [7, 11) is -1.07. The van der Waals surface area contributed by atoms with Crippen LogP contribution >= 0.6 is 8.60 Å². The van der Waals surface area contributed by atoms with Gasteiger partial charge in [0.15, 0.2) is 6.29 Å². The van der Waals surface area contributed by atoms with E-state index in [0.29, 0.717) is 26.4 Å². The van der Waals surface area contributed by atoms with Gasteiger partial charge in [-0.1, -0.05) is 0 Å². The molecular formula is C10H17O5P. The van der Waals surface area contributed by atoms with Crippen LogP contribution in [0.1, 0.15) is 19.3 Å². The highest BCUT2D eigenvalue weighted by atomic mass is 31.2. The summed E-state index contributed by atoms with van der Waals surface area (Å²) in [5, 5.41) is 0. The summed E-state index contributed by atoms with van der Waals surface area (Å²) in [6, 6.07) is 0. The summed E-state index contributed by atoms with van der Waals surface area (Å²) in [4.78, 5) is 0. The molecule has 2 aliphatic heterocycles. The molecule has 0 aliphatic carbocycles. The maximum absolute atomic E-state index is 5.52. The monoisotopic (exact) mass is 248 g/mol. The van der Waals surface area contributed by atoms with Crippen molar-refractivity contribution in [3.8, 4) is 0 Å². The molecule has 1 atom stereocenters. The minimum Gasteiger partial charge on any atom is -0.473 e. The second kappa shape index (κ2) is 7.20. The van der Waals surface area contributed by atoms with E-state index in [1.54, 1.807) is 6.26 Å². The number of hydrogen-bond acceptors (Lipinski definition) is 5. The molecular weight excluding hydrogens is 231 g/mol. The van der Waals surface area contributed by atoms with Crippen LogP contribution in [-0.4, -0.2) is 32.7 Å². The Kier molecular flexibility index (Phi) is 5.52. The molecule has 1 saturated heterocycles. The van der Waals surface area contributed by atoms with Crippen molar-refractivity contribution in [1.82, 2.24) is 0 Å². The van der Waals surface area contributed by atoms with Crippen LogP contribution in [0.2, 0.25) is 0 Å². The van der Waals surface area contributed by atoms with Crippen LogP contribution in [0.5, 0.6) is 0 Å². The van der Waals surface area contributed by atoms with Crippen LogP contribution in [0.4, 0.5) is 0 Å². The summed E-state index contributed by atoms with van der Waals surface area (Å²) in [6.45, 7) is 2.53. The second-order valence-electron chi connectivity index (χ2n) is 3.46. The van der Waals surface area contributed by atoms with Crippen molar-refractivity contribution in [3.05, 3.63) is 12.3 Å². The summed E-state index contributed by atoms with van der Waals surface area (Å²) in [6.07, 6.45) is 6.39. The molecule has 1 unspecified atom stereocenters. The topological polar surface area (TPSA) is 46.2 Å². The van der Waals surface area contributed by atoms with E-state index in [0.717, 1.165) is 19.3 Å². The zero-order valence-corrected chi connectivity index (χ0v) is 10.1. The lowest BCUT2D eigenvalue weighted by Gasteiger charge is -2.19. The standard InChI is InChI=1S/C10H17O5P/c1-2-5-11-10(4-1)12-6-3-7-13-16-14-8-9-15-16/h2,5,10H,1,3-4,6-9H2. The third-order valence-corrected chi connectivity index (χ3v) is 3.34. The lowest BCUT2D eigenvalue weighted by molar-refractivity contribution is -0.116. The van der Waals surface area contributed by atoms with Crippen LogP contribution in [0.15, 0.2) is 12.3 Å². The first-order valence-corrected chi connectivity index (χ1v) is 6.65. The highest BCUT2D eigenvalue weighted by Gasteiger charge is 2.18. The molecule has 0 bridgehead atoms. The Hall–Kier alpha value is -0.190. The predicted octanol–water partition coefficient (Wildman–Crippen LogP) is 2.33. The summed E-state index contributed by atoms with van der Waals surface area (Å²) in [5.74, 6) is 0. The third-order valence-electron chi connectivity index (χ3n) is 2.16. The molecule has 2 rings (SSSR count). The van der Waals surface area contributed by atoms with Crippen LogP contribution in [0.25, 0.3) is 0 Å². The molecule has 92 valence electrons. The van der Waals surface area contributed by atoms with Crippen LogP contribution in [0, 0.1) is 0 Å². The van der Waals surface area contributed by atoms with Crippen molar-refractivity contribution < 1.29 is 23.0 Å². The minimum absolute atomic E-state index is 0.0882. The van der Waals surface area contributed by atoms with Gasteiger partial charge in [-0.3, -0.25) is 0 Å². The number of ether oxygens (including phenoxy) is 2. The predicted molar refractivity (Wildman–Crippen MR) is 58.6 cm³/mol. The quantitative estimate of drug-likeness (QED) is 0.533. The van der Waals surface area contributed by atoms with E-state index in [9.17, 15) is 0 Å². The highest BCUT2D eigenvalue weighted by Crippen LogP contribution is 2.43. The van der Waals surface area contributed by atoms with Crippen molar-refractivity contribution >= 4 is 8.60 Å². The van der Waals surface area contributed by atoms with Gasteiger partial charge in [-0.25, -0.2) is 0 Å². The van der Waals surface area contributed by atoms with Crippen molar-refractivity contribution in [3.63, 3.8) is 0 Å². The van der Waals surface area contributed by atoms with E-state index < -0.39 is 8.60 Å². The molecule has 2 heterocycles. The minimum atomic E-state index is -1.07. The highest BCUT2D eigenvalue weighted by molar-refractivity contribution is 7.41. The summed E-state index contributed by atoms with van der Waals surface area (Å²) in [5.41, 5.74) is 0. The Bertz CT molecular complexity index is 217. The van der Waals surface area contributed by atoms with Gasteiger partial charge >= 0.3 is 8.60 Å². The SMILES string of the molecule is C1=COC(OCCCOP2OCCO2)CC1. The number of hydrogen-bond donors (Lipinski definition) is 0. The smallest absolute Gasteiger partial charge is 0.332 e. The van der Waals surface area contributed by atoms with E-state index in [1.165, 1.54) is 0 Å². The molecule has 0 aromatic carbocycles. The Morgan fingerprint density at radius 2 is 2.12 bits per heavy atom. The molecule has 2 aliphatic rings. The first-order valence-electron chi connectivity index (χ1n) is 5.56. The van der Waals surface area contributed by atoms with Gasteiger partial charge in [0.2, 0.25) is 0 Å². The molecule has 5 nitrogen and oxygen atoms in total. The van der Waals surface area contributed by atoms with Gasteiger partial charge in [0, 0.05) is 6.42 Å². The van der Waals surface area contributed by atoms with Crippen LogP contribution in [-0.2, 0) is 23.0 Å². The maximum Gasteiger partial charge on any atom is 0.332 e. The first kappa shape index (κ1) is 12.3. The fourth-order valence-corrected chi connectivity index (χ4v) is 2.33. The Balaban J connectivity index is 1.44. The second-order valence-corrected chi connectivity index (χ2v) is 4.68. The molecule has 0 aromatic rings. The normalized spacial score (nSPS) is 25.9. The van der Waals surface area contributed by atoms with Gasteiger partial charge in [-0.05, 0) is 18.9 Å². The summed E-state index contributed by atoms with van der Waals surface area (Å²) >= 11 is 0. The maximum atomic E-state index is 5.52. The number of allylic oxidation sites excluding steroid dienone is 1. The van der Waals surface area contributed by atoms with E-state index in [4.69, 9.17) is 23.0 Å². The molecule has 1 fully saturated rings. The Morgan fingerprint density at radius 1 is 1.25 bits per heavy atom. The van der Waals surface area contributed by atoms with E-state index in [-0.39, 0.29) is 6.29 Å². The van der Waals surface area contributed by atoms with Gasteiger partial charge in [0.05, 0.1) is 32.7 Å². The van der Waals surface area contributed by atoms with Gasteiger partial charge in [-0.15, -0.1) is 0 Å². The summed E-state index contributed by atoms with van der Waals surface area (Å²) < 4.78 is 26.6. The third kappa shape index (κ3) is 4.36. The van der Waals surface area contributed by atoms with Gasteiger partial charge in [-0.2, -0.15) is 0 Å². The van der Waals surface area contributed by atoms with Gasteiger partial charge < -0.3 is 23.0 Å². The fourth-order valence-electron chi connectivity index (χ4n) is 1.38. The molecule has 6 heteroatoms. The zero-order chi connectivity index (χ0) is 11.1. The lowest BCUT2D eigenvalue weighted by atomic mass is 10.3. The van der Waals surface area contributed by atoms with Crippen molar-refractivity contribution in [1.29, 1.82) is 0 Å². The first-order chi connectivity index (χ1) is 7.95. The average molecular weight is 248 g/mol. The van der Waals surface area contributed by atoms with E-state index >= 15 is 0 Å². The van der Waals surface area contributed by atoms with Crippen molar-refractivity contribution in [2.75, 3.05) is 26.4 Å². The van der Waals surface area contributed by atoms with Crippen LogP contribution < -0.4 is 0 Å². The van der Waals surface area contributed by atoms with Crippen molar-refractivity contribution in [2.24, 2.45) is 0 Å². The molecule has 0 amide bonds. The van der Waals surface area contributed by atoms with Crippen molar-refractivity contribution in [2.45, 2.75) is 25.6 Å². The van der Waals surface area contributed by atoms with Gasteiger partial charge in [0.1, 0.15) is 0 Å². The molecule has 0 spiro atoms. The molecule has 0 aromatic heterocycles. The van der Waals surface area contributed by atoms with Gasteiger partial charge in [0.25, 0.3) is 0 Å². The molecule has 0 N–H and O–H groups in total. The Labute approximate surface area is 96.6 Å². The molecule has 16 heavy (non-hydrogen) atoms. The Morgan fingerprint density at radius 3 is 2.88 bits per heavy atom. The van der Waals surface area contributed by atoms with Crippen LogP contribution in [0.3, 0.4) is 0 Å². The average Bonchev–Trinajstić information content (AvgIpc) is 2.83. The molecule has 0 radical (unpaired) electrons. The lowest BCUT2D eigenvalue weighted by Crippen LogP contribution is -2.17. The van der Waals surface area contributed by atoms with E-state index in [1.807, 2.05) is 6.08 Å². The van der Waals surface area contributed by atoms with E-state index in [2.05, 4.69) is 0 Å². The molecule has 0 saturated carbocycles. The largest absolute Gasteiger partial charge is 0.473 e. The zero-order valence-electron chi connectivity index (χ0n) is 9.17. The fraction of sp³-hybridized carbons (Fsp3) is 0.800.